The lowest BCUT2D eigenvalue weighted by Crippen LogP contribution is -2.58. The first kappa shape index (κ1) is 29.3. The molecule has 1 aliphatic carbocycles. The molecule has 1 atom stereocenters. The van der Waals surface area contributed by atoms with Gasteiger partial charge in [0.05, 0.1) is 11.4 Å². The third-order valence-corrected chi connectivity index (χ3v) is 8.95. The van der Waals surface area contributed by atoms with E-state index < -0.39 is 11.5 Å². The van der Waals surface area contributed by atoms with Gasteiger partial charge in [0.2, 0.25) is 0 Å². The number of carboxylic acids is 1. The quantitative estimate of drug-likeness (QED) is 0.201. The van der Waals surface area contributed by atoms with Crippen molar-refractivity contribution in [3.05, 3.63) is 89.6 Å². The fraction of sp³-hybridized carbons (Fsp3) is 0.314. The molecule has 2 aromatic heterocycles. The summed E-state index contributed by atoms with van der Waals surface area (Å²) in [6, 6.07) is 18.7. The standard InChI is InChI=1S/C35H37N5O4/c1-40-29-21-25(13-16-27(29)31(24-7-3-2-4-8-24)32(40)28-9-5-6-19-37-28)33(43)39-35(18-20-36-22-35)34(44)38-26-14-10-23(11-15-26)12-17-30(41)42/h5-6,9-17,19,21,24,36H,2-4,7-8,18,20,22H2,1H3,(H,38,44)(H,39,43)(H,41,42)/b17-12+/t35-/m0/s1. The third-order valence-electron chi connectivity index (χ3n) is 8.95. The molecule has 2 fully saturated rings. The lowest BCUT2D eigenvalue weighted by Gasteiger charge is -2.28. The average molecular weight is 592 g/mol. The van der Waals surface area contributed by atoms with Crippen LogP contribution in [0.3, 0.4) is 0 Å². The zero-order valence-electron chi connectivity index (χ0n) is 24.8. The van der Waals surface area contributed by atoms with E-state index in [-0.39, 0.29) is 11.8 Å². The molecule has 226 valence electrons. The summed E-state index contributed by atoms with van der Waals surface area (Å²) < 4.78 is 2.16. The van der Waals surface area contributed by atoms with Crippen molar-refractivity contribution < 1.29 is 19.5 Å². The van der Waals surface area contributed by atoms with Crippen LogP contribution in [0.2, 0.25) is 0 Å². The number of hydrogen-bond donors (Lipinski definition) is 4. The van der Waals surface area contributed by atoms with E-state index in [1.807, 2.05) is 43.6 Å². The maximum absolute atomic E-state index is 13.8. The molecule has 44 heavy (non-hydrogen) atoms. The van der Waals surface area contributed by atoms with Crippen LogP contribution >= 0.6 is 0 Å². The molecule has 0 radical (unpaired) electrons. The van der Waals surface area contributed by atoms with Crippen molar-refractivity contribution >= 4 is 40.4 Å². The van der Waals surface area contributed by atoms with E-state index in [9.17, 15) is 14.4 Å². The number of amides is 2. The van der Waals surface area contributed by atoms with Gasteiger partial charge in [-0.25, -0.2) is 4.79 Å². The molecule has 2 amide bonds. The summed E-state index contributed by atoms with van der Waals surface area (Å²) in [6.45, 7) is 0.910. The normalized spacial score (nSPS) is 18.9. The molecular weight excluding hydrogens is 554 g/mol. The Morgan fingerprint density at radius 2 is 1.84 bits per heavy atom. The van der Waals surface area contributed by atoms with Gasteiger partial charge in [-0.05, 0) is 85.3 Å². The molecule has 1 aliphatic heterocycles. The number of carbonyl (C=O) groups is 3. The summed E-state index contributed by atoms with van der Waals surface area (Å²) in [5.74, 6) is -1.19. The summed E-state index contributed by atoms with van der Waals surface area (Å²) >= 11 is 0. The highest BCUT2D eigenvalue weighted by molar-refractivity contribution is 6.06. The Bertz CT molecular complexity index is 1710. The second kappa shape index (κ2) is 12.5. The van der Waals surface area contributed by atoms with Gasteiger partial charge in [-0.3, -0.25) is 14.6 Å². The number of rotatable bonds is 8. The number of carbonyl (C=O) groups excluding carboxylic acids is 2. The van der Waals surface area contributed by atoms with Crippen molar-refractivity contribution in [3.63, 3.8) is 0 Å². The van der Waals surface area contributed by atoms with Crippen LogP contribution in [0.15, 0.2) is 72.9 Å². The molecule has 2 aromatic carbocycles. The van der Waals surface area contributed by atoms with Gasteiger partial charge in [0.25, 0.3) is 11.8 Å². The van der Waals surface area contributed by atoms with Crippen LogP contribution in [0.5, 0.6) is 0 Å². The van der Waals surface area contributed by atoms with E-state index in [1.165, 1.54) is 30.9 Å². The van der Waals surface area contributed by atoms with E-state index >= 15 is 0 Å². The van der Waals surface area contributed by atoms with Crippen molar-refractivity contribution in [3.8, 4) is 11.4 Å². The van der Waals surface area contributed by atoms with Crippen LogP contribution in [0.4, 0.5) is 5.69 Å². The monoisotopic (exact) mass is 591 g/mol. The minimum atomic E-state index is -1.12. The first-order valence-corrected chi connectivity index (χ1v) is 15.2. The van der Waals surface area contributed by atoms with Crippen molar-refractivity contribution in [2.45, 2.75) is 50.0 Å². The highest BCUT2D eigenvalue weighted by Crippen LogP contribution is 2.43. The molecule has 0 unspecified atom stereocenters. The second-order valence-corrected chi connectivity index (χ2v) is 11.8. The topological polar surface area (TPSA) is 125 Å². The van der Waals surface area contributed by atoms with Gasteiger partial charge in [0, 0.05) is 48.0 Å². The molecule has 6 rings (SSSR count). The van der Waals surface area contributed by atoms with Gasteiger partial charge in [0.15, 0.2) is 0 Å². The Balaban J connectivity index is 1.27. The van der Waals surface area contributed by atoms with Gasteiger partial charge in [-0.15, -0.1) is 0 Å². The Labute approximate surface area is 256 Å². The van der Waals surface area contributed by atoms with E-state index in [4.69, 9.17) is 10.1 Å². The molecule has 1 saturated heterocycles. The third kappa shape index (κ3) is 5.88. The van der Waals surface area contributed by atoms with Gasteiger partial charge in [-0.1, -0.05) is 43.5 Å². The SMILES string of the molecule is Cn1c(-c2ccccn2)c(C2CCCCC2)c2ccc(C(=O)N[C@@]3(C(=O)Nc4ccc(/C=C/C(=O)O)cc4)CCNC3)cc21. The van der Waals surface area contributed by atoms with Gasteiger partial charge >= 0.3 is 5.97 Å². The van der Waals surface area contributed by atoms with Crippen molar-refractivity contribution in [2.75, 3.05) is 18.4 Å². The van der Waals surface area contributed by atoms with E-state index in [0.29, 0.717) is 42.2 Å². The molecule has 4 aromatic rings. The van der Waals surface area contributed by atoms with Crippen molar-refractivity contribution in [2.24, 2.45) is 7.05 Å². The van der Waals surface area contributed by atoms with Crippen molar-refractivity contribution in [1.82, 2.24) is 20.2 Å². The number of nitrogens with zero attached hydrogens (tertiary/aromatic N) is 2. The maximum Gasteiger partial charge on any atom is 0.328 e. The largest absolute Gasteiger partial charge is 0.478 e. The number of benzene rings is 2. The lowest BCUT2D eigenvalue weighted by molar-refractivity contribution is -0.131. The minimum Gasteiger partial charge on any atom is -0.478 e. The summed E-state index contributed by atoms with van der Waals surface area (Å²) in [5, 5.41) is 19.2. The highest BCUT2D eigenvalue weighted by atomic mass is 16.4. The Morgan fingerprint density at radius 3 is 2.52 bits per heavy atom. The predicted octanol–water partition coefficient (Wildman–Crippen LogP) is 5.49. The maximum atomic E-state index is 13.8. The number of aryl methyl sites for hydroxylation is 1. The van der Waals surface area contributed by atoms with Crippen LogP contribution < -0.4 is 16.0 Å². The van der Waals surface area contributed by atoms with Gasteiger partial charge in [-0.2, -0.15) is 0 Å². The number of aliphatic carboxylic acids is 1. The van der Waals surface area contributed by atoms with Crippen LogP contribution in [0.25, 0.3) is 28.4 Å². The summed E-state index contributed by atoms with van der Waals surface area (Å²) in [5.41, 5.74) is 4.95. The summed E-state index contributed by atoms with van der Waals surface area (Å²) in [4.78, 5) is 42.8. The molecular formula is C35H37N5O4. The number of nitrogens with one attached hydrogen (secondary N) is 3. The molecule has 9 nitrogen and oxygen atoms in total. The van der Waals surface area contributed by atoms with Crippen LogP contribution in [-0.4, -0.2) is 51.1 Å². The summed E-state index contributed by atoms with van der Waals surface area (Å²) in [7, 11) is 2.04. The van der Waals surface area contributed by atoms with Gasteiger partial charge in [0.1, 0.15) is 5.54 Å². The first-order valence-electron chi connectivity index (χ1n) is 15.2. The Hall–Kier alpha value is -4.76. The molecule has 9 heteroatoms. The summed E-state index contributed by atoms with van der Waals surface area (Å²) in [6.07, 6.45) is 10.8. The van der Waals surface area contributed by atoms with Crippen LogP contribution in [-0.2, 0) is 16.6 Å². The minimum absolute atomic E-state index is 0.304. The van der Waals surface area contributed by atoms with E-state index in [0.717, 1.165) is 41.2 Å². The number of aromatic nitrogens is 2. The first-order chi connectivity index (χ1) is 21.3. The number of carboxylic acid groups (broad SMARTS) is 1. The van der Waals surface area contributed by atoms with Crippen LogP contribution in [0.1, 0.15) is 65.9 Å². The molecule has 0 bridgehead atoms. The fourth-order valence-electron chi connectivity index (χ4n) is 6.66. The number of pyridine rings is 1. The lowest BCUT2D eigenvalue weighted by atomic mass is 9.82. The number of anilines is 1. The highest BCUT2D eigenvalue weighted by Gasteiger charge is 2.43. The van der Waals surface area contributed by atoms with Crippen molar-refractivity contribution in [1.29, 1.82) is 0 Å². The average Bonchev–Trinajstić information content (AvgIpc) is 3.64. The zero-order valence-corrected chi connectivity index (χ0v) is 24.8. The van der Waals surface area contributed by atoms with E-state index in [1.54, 1.807) is 24.3 Å². The molecule has 4 N–H and O–H groups in total. The van der Waals surface area contributed by atoms with Gasteiger partial charge < -0.3 is 25.6 Å². The molecule has 0 spiro atoms. The Kier molecular flexibility index (Phi) is 8.30. The number of hydrogen-bond acceptors (Lipinski definition) is 5. The number of fused-ring (bicyclic) bond motifs is 1. The second-order valence-electron chi connectivity index (χ2n) is 11.8. The smallest absolute Gasteiger partial charge is 0.328 e. The van der Waals surface area contributed by atoms with Crippen LogP contribution in [0, 0.1) is 0 Å². The van der Waals surface area contributed by atoms with E-state index in [2.05, 4.69) is 26.6 Å². The zero-order chi connectivity index (χ0) is 30.7. The molecule has 2 aliphatic rings. The Morgan fingerprint density at radius 1 is 1.05 bits per heavy atom. The molecule has 3 heterocycles. The fourth-order valence-corrected chi connectivity index (χ4v) is 6.66. The predicted molar refractivity (Wildman–Crippen MR) is 171 cm³/mol. The molecule has 1 saturated carbocycles.